The second-order valence-electron chi connectivity index (χ2n) is 10.8. The lowest BCUT2D eigenvalue weighted by molar-refractivity contribution is -0.961. The number of hydrogen-bond acceptors (Lipinski definition) is 2. The number of aromatic hydroxyl groups is 1. The van der Waals surface area contributed by atoms with E-state index in [1.807, 2.05) is 6.07 Å². The Kier molecular flexibility index (Phi) is 9.36. The van der Waals surface area contributed by atoms with Crippen LogP contribution in [0, 0.1) is 0 Å². The van der Waals surface area contributed by atoms with Gasteiger partial charge in [0.15, 0.2) is 6.29 Å². The first-order valence-corrected chi connectivity index (χ1v) is 11.3. The van der Waals surface area contributed by atoms with E-state index in [2.05, 4.69) is 61.8 Å². The van der Waals surface area contributed by atoms with Crippen molar-refractivity contribution in [1.82, 2.24) is 0 Å². The van der Waals surface area contributed by atoms with Gasteiger partial charge in [0.25, 0.3) is 0 Å². The highest BCUT2D eigenvalue weighted by Crippen LogP contribution is 2.32. The largest absolute Gasteiger partial charge is 0.507 e. The fourth-order valence-corrected chi connectivity index (χ4v) is 3.83. The van der Waals surface area contributed by atoms with E-state index in [1.165, 1.54) is 38.8 Å². The zero-order valence-corrected chi connectivity index (χ0v) is 20.3. The third kappa shape index (κ3) is 8.10. The van der Waals surface area contributed by atoms with E-state index in [1.54, 1.807) is 0 Å². The number of carbonyl (C=O) groups excluding carboxylic acids is 1. The monoisotopic (exact) mass is 406 g/mol. The molecule has 0 radical (unpaired) electrons. The summed E-state index contributed by atoms with van der Waals surface area (Å²) in [4.78, 5) is 11.5. The van der Waals surface area contributed by atoms with E-state index in [4.69, 9.17) is 0 Å². The lowest BCUT2D eigenvalue weighted by Crippen LogP contribution is -2.53. The van der Waals surface area contributed by atoms with Crippen molar-refractivity contribution in [3.63, 3.8) is 0 Å². The maximum atomic E-state index is 11.5. The first-order chi connectivity index (χ1) is 13.4. The molecule has 0 aliphatic heterocycles. The van der Waals surface area contributed by atoms with Crippen molar-refractivity contribution >= 4 is 6.29 Å². The summed E-state index contributed by atoms with van der Waals surface area (Å²) >= 11 is 0. The zero-order valence-electron chi connectivity index (χ0n) is 20.3. The number of likely N-dealkylation sites (N-methyl/N-ethyl adjacent to an activating group) is 2. The van der Waals surface area contributed by atoms with Crippen LogP contribution >= 0.6 is 0 Å². The first-order valence-electron chi connectivity index (χ1n) is 11.3. The summed E-state index contributed by atoms with van der Waals surface area (Å²) in [6, 6.07) is 3.92. The number of nitrogens with zero attached hydrogens (tertiary/aromatic N) is 2. The number of benzene rings is 1. The maximum absolute atomic E-state index is 11.5. The van der Waals surface area contributed by atoms with E-state index in [0.29, 0.717) is 5.56 Å². The molecule has 0 aliphatic rings. The van der Waals surface area contributed by atoms with Crippen LogP contribution < -0.4 is 0 Å². The Hall–Kier alpha value is -1.39. The van der Waals surface area contributed by atoms with Gasteiger partial charge in [0.1, 0.15) is 25.4 Å². The third-order valence-corrected chi connectivity index (χ3v) is 6.16. The fourth-order valence-electron chi connectivity index (χ4n) is 3.83. The fraction of sp³-hybridized carbons (Fsp3) is 0.720. The van der Waals surface area contributed by atoms with Crippen molar-refractivity contribution in [3.8, 4) is 5.75 Å². The van der Waals surface area contributed by atoms with E-state index >= 15 is 0 Å². The Morgan fingerprint density at radius 1 is 0.931 bits per heavy atom. The third-order valence-electron chi connectivity index (χ3n) is 6.16. The topological polar surface area (TPSA) is 37.3 Å². The van der Waals surface area contributed by atoms with E-state index < -0.39 is 0 Å². The van der Waals surface area contributed by atoms with Gasteiger partial charge in [-0.05, 0) is 36.0 Å². The zero-order chi connectivity index (χ0) is 22.3. The molecule has 0 atom stereocenters. The molecule has 0 aromatic heterocycles. The molecule has 4 heteroatoms. The Morgan fingerprint density at radius 2 is 1.48 bits per heavy atom. The Labute approximate surface area is 179 Å². The number of quaternary nitrogens is 2. The summed E-state index contributed by atoms with van der Waals surface area (Å²) in [6.45, 7) is 16.3. The number of rotatable bonds is 12. The molecule has 1 aromatic rings. The van der Waals surface area contributed by atoms with Gasteiger partial charge in [-0.15, -0.1) is 0 Å². The normalized spacial score (nSPS) is 13.0. The highest BCUT2D eigenvalue weighted by atomic mass is 16.3. The van der Waals surface area contributed by atoms with Gasteiger partial charge in [-0.1, -0.05) is 47.5 Å². The summed E-state index contributed by atoms with van der Waals surface area (Å²) in [7, 11) is 6.86. The molecule has 0 amide bonds. The summed E-state index contributed by atoms with van der Waals surface area (Å²) in [6.07, 6.45) is 5.79. The minimum absolute atomic E-state index is 0.0624. The van der Waals surface area contributed by atoms with Crippen molar-refractivity contribution in [2.45, 2.75) is 72.3 Å². The van der Waals surface area contributed by atoms with Crippen LogP contribution in [-0.2, 0) is 12.0 Å². The standard InChI is InChI=1S/C25H45N2O2/c1-9-11-13-27(8,14-12-10-2)16-15-26(6,7)19-21-17-23(25(3,4)5)18-22(20-28)24(21)29/h17-18,20H,9-16,19H2,1-8H3/q+1/p+1. The molecule has 0 heterocycles. The minimum atomic E-state index is -0.0624. The van der Waals surface area contributed by atoms with Crippen molar-refractivity contribution in [2.75, 3.05) is 47.3 Å². The van der Waals surface area contributed by atoms with E-state index in [-0.39, 0.29) is 11.2 Å². The van der Waals surface area contributed by atoms with Crippen molar-refractivity contribution < 1.29 is 18.9 Å². The Morgan fingerprint density at radius 3 is 1.93 bits per heavy atom. The van der Waals surface area contributed by atoms with Crippen molar-refractivity contribution in [3.05, 3.63) is 28.8 Å². The molecule has 0 aliphatic carbocycles. The lowest BCUT2D eigenvalue weighted by Gasteiger charge is -2.38. The highest BCUT2D eigenvalue weighted by Gasteiger charge is 2.28. The van der Waals surface area contributed by atoms with Crippen LogP contribution in [0.4, 0.5) is 0 Å². The average Bonchev–Trinajstić information content (AvgIpc) is 2.64. The smallest absolute Gasteiger partial charge is 0.153 e. The van der Waals surface area contributed by atoms with Gasteiger partial charge in [-0.3, -0.25) is 4.79 Å². The summed E-state index contributed by atoms with van der Waals surface area (Å²) < 4.78 is 1.92. The summed E-state index contributed by atoms with van der Waals surface area (Å²) in [5, 5.41) is 10.7. The predicted molar refractivity (Wildman–Crippen MR) is 123 cm³/mol. The minimum Gasteiger partial charge on any atom is -0.507 e. The summed E-state index contributed by atoms with van der Waals surface area (Å²) in [5.74, 6) is 0.147. The van der Waals surface area contributed by atoms with Crippen molar-refractivity contribution in [2.24, 2.45) is 0 Å². The van der Waals surface area contributed by atoms with Crippen LogP contribution in [0.5, 0.6) is 5.75 Å². The average molecular weight is 407 g/mol. The van der Waals surface area contributed by atoms with E-state index in [0.717, 1.165) is 46.0 Å². The molecule has 0 saturated heterocycles. The lowest BCUT2D eigenvalue weighted by atomic mass is 9.84. The van der Waals surface area contributed by atoms with Crippen LogP contribution in [0.2, 0.25) is 0 Å². The number of carbonyl (C=O) groups is 1. The van der Waals surface area contributed by atoms with Crippen LogP contribution in [0.25, 0.3) is 0 Å². The Balaban J connectivity index is 3.02. The molecule has 1 aromatic carbocycles. The highest BCUT2D eigenvalue weighted by molar-refractivity contribution is 5.80. The van der Waals surface area contributed by atoms with Crippen molar-refractivity contribution in [1.29, 1.82) is 0 Å². The molecule has 1 rings (SSSR count). The Bertz CT molecular complexity index is 652. The SMILES string of the molecule is CCCC[N+](C)(CCCC)CC[N+](C)(C)Cc1cc(C(C)(C)C)cc(C=O)c1O. The quantitative estimate of drug-likeness (QED) is 0.386. The number of unbranched alkanes of at least 4 members (excludes halogenated alkanes) is 2. The molecule has 0 unspecified atom stereocenters. The van der Waals surface area contributed by atoms with Crippen LogP contribution in [0.3, 0.4) is 0 Å². The molecule has 0 spiro atoms. The second-order valence-corrected chi connectivity index (χ2v) is 10.8. The molecule has 166 valence electrons. The molecule has 4 nitrogen and oxygen atoms in total. The molecular weight excluding hydrogens is 360 g/mol. The van der Waals surface area contributed by atoms with E-state index in [9.17, 15) is 9.90 Å². The van der Waals surface area contributed by atoms with Gasteiger partial charge in [-0.2, -0.15) is 0 Å². The number of aldehydes is 1. The van der Waals surface area contributed by atoms with Gasteiger partial charge < -0.3 is 14.1 Å². The maximum Gasteiger partial charge on any atom is 0.153 e. The first kappa shape index (κ1) is 25.6. The van der Waals surface area contributed by atoms with Gasteiger partial charge in [-0.25, -0.2) is 0 Å². The van der Waals surface area contributed by atoms with Crippen LogP contribution in [-0.4, -0.2) is 67.7 Å². The molecule has 1 N–H and O–H groups in total. The number of phenolic OH excluding ortho intramolecular Hbond substituents is 1. The number of phenols is 1. The molecule has 29 heavy (non-hydrogen) atoms. The van der Waals surface area contributed by atoms with Gasteiger partial charge in [0.2, 0.25) is 0 Å². The molecular formula is C25H46N2O2+2. The summed E-state index contributed by atoms with van der Waals surface area (Å²) in [5.41, 5.74) is 2.31. The predicted octanol–water partition coefficient (Wildman–Crippen LogP) is 5.13. The molecule has 0 saturated carbocycles. The van der Waals surface area contributed by atoms with Gasteiger partial charge in [0, 0.05) is 5.56 Å². The van der Waals surface area contributed by atoms with Gasteiger partial charge >= 0.3 is 0 Å². The number of hydrogen-bond donors (Lipinski definition) is 1. The molecule has 0 fully saturated rings. The molecule has 0 bridgehead atoms. The second kappa shape index (κ2) is 10.6. The van der Waals surface area contributed by atoms with Gasteiger partial charge in [0.05, 0.1) is 39.8 Å². The van der Waals surface area contributed by atoms with Crippen LogP contribution in [0.15, 0.2) is 12.1 Å². The van der Waals surface area contributed by atoms with Crippen LogP contribution in [0.1, 0.15) is 81.8 Å².